The summed E-state index contributed by atoms with van der Waals surface area (Å²) >= 11 is 1.18. The molecule has 1 amide bonds. The average Bonchev–Trinajstić information content (AvgIpc) is 3.29. The highest BCUT2D eigenvalue weighted by Crippen LogP contribution is 2.36. The maximum absolute atomic E-state index is 12.6. The van der Waals surface area contributed by atoms with E-state index in [0.717, 1.165) is 5.56 Å². The fourth-order valence-electron chi connectivity index (χ4n) is 3.49. The molecule has 0 aliphatic heterocycles. The van der Waals surface area contributed by atoms with Gasteiger partial charge < -0.3 is 14.8 Å². The minimum Gasteiger partial charge on any atom is -0.462 e. The van der Waals surface area contributed by atoms with Gasteiger partial charge in [-0.2, -0.15) is 5.10 Å². The second kappa shape index (κ2) is 10.7. The van der Waals surface area contributed by atoms with Crippen molar-refractivity contribution in [1.82, 2.24) is 10.2 Å². The number of rotatable bonds is 8. The van der Waals surface area contributed by atoms with Crippen molar-refractivity contribution < 1.29 is 23.9 Å². The van der Waals surface area contributed by atoms with Gasteiger partial charge >= 0.3 is 11.9 Å². The van der Waals surface area contributed by atoms with Crippen LogP contribution in [0.5, 0.6) is 0 Å². The van der Waals surface area contributed by atoms with Crippen molar-refractivity contribution in [2.24, 2.45) is 0 Å². The summed E-state index contributed by atoms with van der Waals surface area (Å²) < 4.78 is 10.3. The molecule has 2 aromatic carbocycles. The molecule has 10 heteroatoms. The lowest BCUT2D eigenvalue weighted by molar-refractivity contribution is -0.146. The molecule has 0 saturated heterocycles. The van der Waals surface area contributed by atoms with Gasteiger partial charge in [0.15, 0.2) is 6.61 Å². The molecule has 178 valence electrons. The Hall–Kier alpha value is -4.31. The zero-order valence-electron chi connectivity index (χ0n) is 18.7. The number of aromatic amines is 1. The molecule has 0 spiro atoms. The van der Waals surface area contributed by atoms with Gasteiger partial charge in [0.05, 0.1) is 24.1 Å². The number of anilines is 1. The summed E-state index contributed by atoms with van der Waals surface area (Å²) in [5.74, 6) is -1.85. The lowest BCUT2D eigenvalue weighted by Gasteiger charge is -2.09. The third-order valence-electron chi connectivity index (χ3n) is 5.06. The molecule has 0 radical (unpaired) electrons. The predicted octanol–water partition coefficient (Wildman–Crippen LogP) is 3.55. The number of hydrogen-bond acceptors (Lipinski definition) is 8. The number of carbonyl (C=O) groups excluding carboxylic acids is 3. The highest BCUT2D eigenvalue weighted by atomic mass is 32.1. The zero-order chi connectivity index (χ0) is 24.8. The fraction of sp³-hybridized carbons (Fsp3) is 0.160. The Morgan fingerprint density at radius 2 is 1.71 bits per heavy atom. The number of carbonyl (C=O) groups is 3. The standard InChI is InChI=1S/C25H21N3O6S/c1-2-33-25(32)22-18(15-8-4-3-5-9-15)14-35-24(22)26-20(29)13-34-21(30)12-19-16-10-6-7-11-17(16)23(31)28-27-19/h3-11,14H,2,12-13H2,1H3,(H,26,29)(H,28,31). The maximum atomic E-state index is 12.6. The first-order valence-electron chi connectivity index (χ1n) is 10.7. The number of thiophene rings is 1. The highest BCUT2D eigenvalue weighted by Gasteiger charge is 2.23. The molecule has 4 aromatic rings. The molecule has 2 aromatic heterocycles. The summed E-state index contributed by atoms with van der Waals surface area (Å²) in [6.45, 7) is 1.33. The number of amides is 1. The van der Waals surface area contributed by atoms with Crippen LogP contribution in [0.1, 0.15) is 23.0 Å². The summed E-state index contributed by atoms with van der Waals surface area (Å²) in [4.78, 5) is 49.4. The molecule has 0 saturated carbocycles. The van der Waals surface area contributed by atoms with E-state index in [1.165, 1.54) is 11.3 Å². The monoisotopic (exact) mass is 491 g/mol. The highest BCUT2D eigenvalue weighted by molar-refractivity contribution is 7.15. The van der Waals surface area contributed by atoms with Gasteiger partial charge in [0, 0.05) is 16.3 Å². The largest absolute Gasteiger partial charge is 0.462 e. The van der Waals surface area contributed by atoms with Gasteiger partial charge in [0.25, 0.3) is 11.5 Å². The lowest BCUT2D eigenvalue weighted by Crippen LogP contribution is -2.23. The Labute approximate surface area is 203 Å². The van der Waals surface area contributed by atoms with Crippen molar-refractivity contribution in [3.8, 4) is 11.1 Å². The van der Waals surface area contributed by atoms with Gasteiger partial charge in [-0.15, -0.1) is 11.3 Å². The molecule has 0 aliphatic carbocycles. The smallest absolute Gasteiger partial charge is 0.341 e. The van der Waals surface area contributed by atoms with Gasteiger partial charge in [-0.05, 0) is 18.6 Å². The van der Waals surface area contributed by atoms with Gasteiger partial charge in [-0.3, -0.25) is 14.4 Å². The molecule has 0 aliphatic rings. The molecule has 2 heterocycles. The van der Waals surface area contributed by atoms with Crippen molar-refractivity contribution in [2.45, 2.75) is 13.3 Å². The predicted molar refractivity (Wildman–Crippen MR) is 131 cm³/mol. The number of fused-ring (bicyclic) bond motifs is 1. The summed E-state index contributed by atoms with van der Waals surface area (Å²) in [6.07, 6.45) is -0.226. The second-order valence-electron chi connectivity index (χ2n) is 7.37. The SMILES string of the molecule is CCOC(=O)c1c(-c2ccccc2)csc1NC(=O)COC(=O)Cc1n[nH]c(=O)c2ccccc12. The van der Waals surface area contributed by atoms with E-state index in [2.05, 4.69) is 15.5 Å². The van der Waals surface area contributed by atoms with E-state index in [9.17, 15) is 19.2 Å². The topological polar surface area (TPSA) is 127 Å². The summed E-state index contributed by atoms with van der Waals surface area (Å²) in [7, 11) is 0. The van der Waals surface area contributed by atoms with Crippen molar-refractivity contribution in [3.63, 3.8) is 0 Å². The summed E-state index contributed by atoms with van der Waals surface area (Å²) in [6, 6.07) is 16.0. The molecule has 0 unspecified atom stereocenters. The third kappa shape index (κ3) is 5.44. The number of H-pyrrole nitrogens is 1. The number of aromatic nitrogens is 2. The Kier molecular flexibility index (Phi) is 7.32. The minimum atomic E-state index is -0.688. The first kappa shape index (κ1) is 23.8. The number of nitrogens with zero attached hydrogens (tertiary/aromatic N) is 1. The van der Waals surface area contributed by atoms with Crippen LogP contribution in [0.4, 0.5) is 5.00 Å². The molecular formula is C25H21N3O6S. The quantitative estimate of drug-likeness (QED) is 0.361. The van der Waals surface area contributed by atoms with E-state index in [4.69, 9.17) is 9.47 Å². The Balaban J connectivity index is 1.44. The number of hydrogen-bond donors (Lipinski definition) is 2. The van der Waals surface area contributed by atoms with Gasteiger partial charge in [0.2, 0.25) is 0 Å². The first-order chi connectivity index (χ1) is 17.0. The van der Waals surface area contributed by atoms with Crippen LogP contribution in [0, 0.1) is 0 Å². The van der Waals surface area contributed by atoms with Crippen LogP contribution in [0.15, 0.2) is 64.8 Å². The van der Waals surface area contributed by atoms with E-state index in [0.29, 0.717) is 27.0 Å². The van der Waals surface area contributed by atoms with Crippen molar-refractivity contribution >= 4 is 45.0 Å². The van der Waals surface area contributed by atoms with E-state index in [1.54, 1.807) is 36.6 Å². The Morgan fingerprint density at radius 1 is 1.00 bits per heavy atom. The van der Waals surface area contributed by atoms with Crippen molar-refractivity contribution in [1.29, 1.82) is 0 Å². The van der Waals surface area contributed by atoms with Crippen LogP contribution in [-0.2, 0) is 25.5 Å². The summed E-state index contributed by atoms with van der Waals surface area (Å²) in [5, 5.41) is 11.9. The van der Waals surface area contributed by atoms with Gasteiger partial charge in [-0.25, -0.2) is 9.89 Å². The van der Waals surface area contributed by atoms with Gasteiger partial charge in [0.1, 0.15) is 10.6 Å². The molecule has 0 fully saturated rings. The molecule has 0 atom stereocenters. The van der Waals surface area contributed by atoms with Crippen molar-refractivity contribution in [2.75, 3.05) is 18.5 Å². The van der Waals surface area contributed by atoms with Gasteiger partial charge in [-0.1, -0.05) is 48.5 Å². The second-order valence-corrected chi connectivity index (χ2v) is 8.25. The lowest BCUT2D eigenvalue weighted by atomic mass is 10.0. The van der Waals surface area contributed by atoms with Crippen LogP contribution in [-0.4, -0.2) is 41.3 Å². The molecule has 2 N–H and O–H groups in total. The average molecular weight is 492 g/mol. The Bertz CT molecular complexity index is 1440. The number of nitrogens with one attached hydrogen (secondary N) is 2. The fourth-order valence-corrected chi connectivity index (χ4v) is 4.46. The first-order valence-corrected chi connectivity index (χ1v) is 11.6. The van der Waals surface area contributed by atoms with E-state index in [-0.39, 0.29) is 24.2 Å². The Morgan fingerprint density at radius 3 is 2.46 bits per heavy atom. The molecule has 4 rings (SSSR count). The van der Waals surface area contributed by atoms with Crippen LogP contribution in [0.3, 0.4) is 0 Å². The number of esters is 2. The molecular weight excluding hydrogens is 470 g/mol. The summed E-state index contributed by atoms with van der Waals surface area (Å²) in [5.41, 5.74) is 1.66. The minimum absolute atomic E-state index is 0.182. The molecule has 0 bridgehead atoms. The molecule has 35 heavy (non-hydrogen) atoms. The normalized spacial score (nSPS) is 10.7. The van der Waals surface area contributed by atoms with Crippen LogP contribution < -0.4 is 10.9 Å². The van der Waals surface area contributed by atoms with Crippen LogP contribution >= 0.6 is 11.3 Å². The van der Waals surface area contributed by atoms with E-state index < -0.39 is 24.5 Å². The number of benzene rings is 2. The third-order valence-corrected chi connectivity index (χ3v) is 5.95. The van der Waals surface area contributed by atoms with Crippen LogP contribution in [0.25, 0.3) is 21.9 Å². The molecule has 9 nitrogen and oxygen atoms in total. The van der Waals surface area contributed by atoms with E-state index in [1.807, 2.05) is 30.3 Å². The maximum Gasteiger partial charge on any atom is 0.341 e. The zero-order valence-corrected chi connectivity index (χ0v) is 19.5. The van der Waals surface area contributed by atoms with Crippen LogP contribution in [0.2, 0.25) is 0 Å². The van der Waals surface area contributed by atoms with E-state index >= 15 is 0 Å². The number of ether oxygens (including phenoxy) is 2. The van der Waals surface area contributed by atoms with Crippen molar-refractivity contribution in [3.05, 3.63) is 81.6 Å².